The standard InChI is InChI=1S/C17H18N2S/c18-12-13-7-9-15(10-8-13)19-17(14-4-1-2-5-14)16-6-3-11-20-16/h3,6-11,14,17,19H,1-2,4-5H2. The highest BCUT2D eigenvalue weighted by Gasteiger charge is 2.26. The third-order valence-corrected chi connectivity index (χ3v) is 5.01. The summed E-state index contributed by atoms with van der Waals surface area (Å²) in [5.41, 5.74) is 1.82. The predicted molar refractivity (Wildman–Crippen MR) is 83.8 cm³/mol. The average molecular weight is 282 g/mol. The highest BCUT2D eigenvalue weighted by Crippen LogP contribution is 2.39. The van der Waals surface area contributed by atoms with E-state index in [1.165, 1.54) is 30.6 Å². The van der Waals surface area contributed by atoms with Gasteiger partial charge in [-0.3, -0.25) is 0 Å². The molecule has 2 aromatic rings. The zero-order valence-electron chi connectivity index (χ0n) is 11.4. The molecule has 1 atom stereocenters. The lowest BCUT2D eigenvalue weighted by atomic mass is 9.96. The van der Waals surface area contributed by atoms with E-state index in [0.717, 1.165) is 11.6 Å². The molecule has 1 N–H and O–H groups in total. The first-order valence-corrected chi connectivity index (χ1v) is 8.05. The van der Waals surface area contributed by atoms with Crippen LogP contribution in [0.1, 0.15) is 42.2 Å². The first-order valence-electron chi connectivity index (χ1n) is 7.17. The Bertz CT molecular complexity index is 574. The van der Waals surface area contributed by atoms with E-state index in [0.29, 0.717) is 11.6 Å². The van der Waals surface area contributed by atoms with Crippen LogP contribution < -0.4 is 5.32 Å². The number of anilines is 1. The minimum Gasteiger partial charge on any atom is -0.377 e. The fraction of sp³-hybridized carbons (Fsp3) is 0.353. The summed E-state index contributed by atoms with van der Waals surface area (Å²) in [5, 5.41) is 14.7. The second kappa shape index (κ2) is 6.11. The van der Waals surface area contributed by atoms with E-state index in [1.807, 2.05) is 35.6 Å². The number of nitriles is 1. The minimum absolute atomic E-state index is 0.408. The number of nitrogens with zero attached hydrogens (tertiary/aromatic N) is 1. The Labute approximate surface area is 124 Å². The SMILES string of the molecule is N#Cc1ccc(NC(c2cccs2)C2CCCC2)cc1. The van der Waals surface area contributed by atoms with Crippen molar-refractivity contribution in [2.24, 2.45) is 5.92 Å². The van der Waals surface area contributed by atoms with Gasteiger partial charge in [0, 0.05) is 10.6 Å². The van der Waals surface area contributed by atoms with Gasteiger partial charge in [0.2, 0.25) is 0 Å². The van der Waals surface area contributed by atoms with Crippen molar-refractivity contribution < 1.29 is 0 Å². The fourth-order valence-electron chi connectivity index (χ4n) is 3.00. The summed E-state index contributed by atoms with van der Waals surface area (Å²) < 4.78 is 0. The van der Waals surface area contributed by atoms with Gasteiger partial charge >= 0.3 is 0 Å². The number of hydrogen-bond donors (Lipinski definition) is 1. The molecule has 3 heteroatoms. The summed E-state index contributed by atoms with van der Waals surface area (Å²) in [4.78, 5) is 1.42. The number of benzene rings is 1. The van der Waals surface area contributed by atoms with Crippen LogP contribution in [0.2, 0.25) is 0 Å². The molecule has 1 unspecified atom stereocenters. The van der Waals surface area contributed by atoms with Crippen molar-refractivity contribution in [3.63, 3.8) is 0 Å². The molecule has 20 heavy (non-hydrogen) atoms. The molecular weight excluding hydrogens is 264 g/mol. The maximum absolute atomic E-state index is 8.86. The Morgan fingerprint density at radius 2 is 1.90 bits per heavy atom. The van der Waals surface area contributed by atoms with Gasteiger partial charge in [-0.1, -0.05) is 18.9 Å². The predicted octanol–water partition coefficient (Wildman–Crippen LogP) is 4.96. The lowest BCUT2D eigenvalue weighted by Crippen LogP contribution is -2.17. The number of nitrogens with one attached hydrogen (secondary N) is 1. The van der Waals surface area contributed by atoms with E-state index in [-0.39, 0.29) is 0 Å². The van der Waals surface area contributed by atoms with Crippen LogP contribution in [-0.4, -0.2) is 0 Å². The Morgan fingerprint density at radius 1 is 1.15 bits per heavy atom. The highest BCUT2D eigenvalue weighted by molar-refractivity contribution is 7.10. The number of rotatable bonds is 4. The van der Waals surface area contributed by atoms with Crippen LogP contribution in [0.4, 0.5) is 5.69 Å². The van der Waals surface area contributed by atoms with Gasteiger partial charge in [0.05, 0.1) is 17.7 Å². The Hall–Kier alpha value is -1.79. The van der Waals surface area contributed by atoms with Crippen molar-refractivity contribution in [1.82, 2.24) is 0 Å². The molecule has 1 saturated carbocycles. The smallest absolute Gasteiger partial charge is 0.0991 e. The Morgan fingerprint density at radius 3 is 2.50 bits per heavy atom. The van der Waals surface area contributed by atoms with E-state index in [4.69, 9.17) is 5.26 Å². The summed E-state index contributed by atoms with van der Waals surface area (Å²) in [6, 6.07) is 14.7. The molecule has 1 aliphatic rings. The monoisotopic (exact) mass is 282 g/mol. The first kappa shape index (κ1) is 13.2. The van der Waals surface area contributed by atoms with Gasteiger partial charge in [-0.2, -0.15) is 5.26 Å². The summed E-state index contributed by atoms with van der Waals surface area (Å²) >= 11 is 1.83. The summed E-state index contributed by atoms with van der Waals surface area (Å²) in [7, 11) is 0. The second-order valence-electron chi connectivity index (χ2n) is 5.37. The topological polar surface area (TPSA) is 35.8 Å². The molecule has 102 valence electrons. The van der Waals surface area contributed by atoms with Crippen molar-refractivity contribution >= 4 is 17.0 Å². The molecule has 1 aromatic carbocycles. The lowest BCUT2D eigenvalue weighted by molar-refractivity contribution is 0.475. The van der Waals surface area contributed by atoms with E-state index in [1.54, 1.807) is 0 Å². The van der Waals surface area contributed by atoms with Crippen molar-refractivity contribution in [3.05, 3.63) is 52.2 Å². The van der Waals surface area contributed by atoms with Gasteiger partial charge < -0.3 is 5.32 Å². The van der Waals surface area contributed by atoms with Crippen LogP contribution >= 0.6 is 11.3 Å². The zero-order valence-corrected chi connectivity index (χ0v) is 12.2. The maximum atomic E-state index is 8.86. The molecule has 1 aromatic heterocycles. The average Bonchev–Trinajstić information content (AvgIpc) is 3.19. The molecule has 1 heterocycles. The molecule has 0 spiro atoms. The second-order valence-corrected chi connectivity index (χ2v) is 6.35. The molecule has 1 fully saturated rings. The van der Waals surface area contributed by atoms with Crippen LogP contribution in [0.5, 0.6) is 0 Å². The van der Waals surface area contributed by atoms with Crippen molar-refractivity contribution in [3.8, 4) is 6.07 Å². The normalized spacial score (nSPS) is 16.8. The van der Waals surface area contributed by atoms with Crippen molar-refractivity contribution in [2.45, 2.75) is 31.7 Å². The van der Waals surface area contributed by atoms with Gasteiger partial charge in [0.25, 0.3) is 0 Å². The highest BCUT2D eigenvalue weighted by atomic mass is 32.1. The van der Waals surface area contributed by atoms with Crippen molar-refractivity contribution in [1.29, 1.82) is 5.26 Å². The van der Waals surface area contributed by atoms with Crippen LogP contribution in [0.25, 0.3) is 0 Å². The van der Waals surface area contributed by atoms with E-state index in [9.17, 15) is 0 Å². The van der Waals surface area contributed by atoms with Gasteiger partial charge in [-0.25, -0.2) is 0 Å². The lowest BCUT2D eigenvalue weighted by Gasteiger charge is -2.25. The van der Waals surface area contributed by atoms with Crippen LogP contribution in [0.15, 0.2) is 41.8 Å². The molecule has 1 aliphatic carbocycles. The summed E-state index contributed by atoms with van der Waals surface area (Å²) in [5.74, 6) is 0.726. The number of hydrogen-bond acceptors (Lipinski definition) is 3. The molecular formula is C17H18N2S. The van der Waals surface area contributed by atoms with E-state index < -0.39 is 0 Å². The molecule has 0 aliphatic heterocycles. The third-order valence-electron chi connectivity index (χ3n) is 4.06. The van der Waals surface area contributed by atoms with Gasteiger partial charge in [0.15, 0.2) is 0 Å². The maximum Gasteiger partial charge on any atom is 0.0991 e. The first-order chi connectivity index (χ1) is 9.86. The van der Waals surface area contributed by atoms with E-state index in [2.05, 4.69) is 28.9 Å². The molecule has 0 saturated heterocycles. The summed E-state index contributed by atoms with van der Waals surface area (Å²) in [6.07, 6.45) is 5.32. The molecule has 0 radical (unpaired) electrons. The Kier molecular flexibility index (Phi) is 4.03. The largest absolute Gasteiger partial charge is 0.377 e. The molecule has 0 bridgehead atoms. The van der Waals surface area contributed by atoms with Crippen LogP contribution in [0, 0.1) is 17.2 Å². The van der Waals surface area contributed by atoms with E-state index >= 15 is 0 Å². The fourth-order valence-corrected chi connectivity index (χ4v) is 3.87. The zero-order chi connectivity index (χ0) is 13.8. The van der Waals surface area contributed by atoms with Gasteiger partial charge in [-0.15, -0.1) is 11.3 Å². The summed E-state index contributed by atoms with van der Waals surface area (Å²) in [6.45, 7) is 0. The van der Waals surface area contributed by atoms with Crippen LogP contribution in [0.3, 0.4) is 0 Å². The molecule has 2 nitrogen and oxygen atoms in total. The number of thiophene rings is 1. The van der Waals surface area contributed by atoms with Gasteiger partial charge in [-0.05, 0) is 54.5 Å². The molecule has 3 rings (SSSR count). The van der Waals surface area contributed by atoms with Crippen LogP contribution in [-0.2, 0) is 0 Å². The third kappa shape index (κ3) is 2.86. The molecule has 0 amide bonds. The van der Waals surface area contributed by atoms with Crippen molar-refractivity contribution in [2.75, 3.05) is 5.32 Å². The minimum atomic E-state index is 0.408. The van der Waals surface area contributed by atoms with Gasteiger partial charge in [0.1, 0.15) is 0 Å². The quantitative estimate of drug-likeness (QED) is 0.860. The Balaban J connectivity index is 1.80.